The molecule has 3 heterocycles. The second kappa shape index (κ2) is 12.0. The SMILES string of the molecule is COc1cc(-c2[o+]c3cc(O)cc(O)c3cc2OC2OC(CO)C(O)C(O)C2OC2OCC(O)C(O)C2O)ccc1O. The van der Waals surface area contributed by atoms with Crippen LogP contribution in [0.15, 0.2) is 40.8 Å². The first-order valence-corrected chi connectivity index (χ1v) is 12.8. The summed E-state index contributed by atoms with van der Waals surface area (Å²) in [6.45, 7) is -1.15. The van der Waals surface area contributed by atoms with E-state index in [-0.39, 0.29) is 45.5 Å². The molecule has 2 aliphatic heterocycles. The molecule has 2 aliphatic rings. The van der Waals surface area contributed by atoms with Gasteiger partial charge in [0.25, 0.3) is 0 Å². The maximum Gasteiger partial charge on any atom is 0.402 e. The highest BCUT2D eigenvalue weighted by molar-refractivity contribution is 5.88. The number of phenolic OH excluding ortho intramolecular Hbond substituents is 3. The minimum absolute atomic E-state index is 0.0261. The van der Waals surface area contributed by atoms with Crippen LogP contribution >= 0.6 is 0 Å². The van der Waals surface area contributed by atoms with Crippen molar-refractivity contribution >= 4 is 11.0 Å². The van der Waals surface area contributed by atoms with Crippen molar-refractivity contribution < 1.29 is 74.1 Å². The first-order chi connectivity index (χ1) is 20.0. The Morgan fingerprint density at radius 3 is 2.33 bits per heavy atom. The topological polar surface area (TPSA) is 240 Å². The van der Waals surface area contributed by atoms with Crippen molar-refractivity contribution in [1.82, 2.24) is 0 Å². The third-order valence-electron chi connectivity index (χ3n) is 7.07. The van der Waals surface area contributed by atoms with E-state index in [1.165, 1.54) is 37.4 Å². The molecule has 15 nitrogen and oxygen atoms in total. The fraction of sp³-hybridized carbons (Fsp3) is 0.444. The van der Waals surface area contributed by atoms with Crippen molar-refractivity contribution in [3.8, 4) is 40.1 Å². The van der Waals surface area contributed by atoms with E-state index in [1.54, 1.807) is 0 Å². The molecule has 0 radical (unpaired) electrons. The summed E-state index contributed by atoms with van der Waals surface area (Å²) in [4.78, 5) is 0. The first-order valence-electron chi connectivity index (χ1n) is 12.8. The summed E-state index contributed by atoms with van der Waals surface area (Å²) < 4.78 is 33.9. The molecule has 3 aromatic rings. The summed E-state index contributed by atoms with van der Waals surface area (Å²) in [6, 6.07) is 7.84. The lowest BCUT2D eigenvalue weighted by atomic mass is 9.98. The van der Waals surface area contributed by atoms with E-state index in [2.05, 4.69) is 0 Å². The highest BCUT2D eigenvalue weighted by Crippen LogP contribution is 2.42. The molecular formula is C27H31O15+. The van der Waals surface area contributed by atoms with Gasteiger partial charge >= 0.3 is 11.3 Å². The Labute approximate surface area is 237 Å². The number of benzene rings is 2. The van der Waals surface area contributed by atoms with Gasteiger partial charge in [-0.3, -0.25) is 0 Å². The van der Waals surface area contributed by atoms with Gasteiger partial charge in [0.05, 0.1) is 32.0 Å². The van der Waals surface area contributed by atoms with Gasteiger partial charge < -0.3 is 69.6 Å². The Morgan fingerprint density at radius 1 is 0.857 bits per heavy atom. The van der Waals surface area contributed by atoms with Gasteiger partial charge in [-0.15, -0.1) is 0 Å². The van der Waals surface area contributed by atoms with Gasteiger partial charge in [-0.1, -0.05) is 0 Å². The maximum absolute atomic E-state index is 10.9. The molecule has 9 N–H and O–H groups in total. The van der Waals surface area contributed by atoms with Crippen LogP contribution in [0.25, 0.3) is 22.3 Å². The van der Waals surface area contributed by atoms with Gasteiger partial charge in [0, 0.05) is 18.2 Å². The Kier molecular flexibility index (Phi) is 8.56. The van der Waals surface area contributed by atoms with E-state index >= 15 is 0 Å². The lowest BCUT2D eigenvalue weighted by molar-refractivity contribution is -0.344. The van der Waals surface area contributed by atoms with E-state index in [1.807, 2.05) is 0 Å². The maximum atomic E-state index is 10.9. The molecule has 15 heteroatoms. The minimum Gasteiger partial charge on any atom is -0.507 e. The molecule has 0 saturated carbocycles. The Morgan fingerprint density at radius 2 is 1.62 bits per heavy atom. The van der Waals surface area contributed by atoms with Gasteiger partial charge in [0.1, 0.15) is 53.5 Å². The summed E-state index contributed by atoms with van der Waals surface area (Å²) in [5, 5.41) is 92.1. The second-order valence-electron chi connectivity index (χ2n) is 9.88. The molecule has 0 amide bonds. The molecule has 2 fully saturated rings. The van der Waals surface area contributed by atoms with Crippen molar-refractivity contribution in [2.45, 2.75) is 55.3 Å². The zero-order chi connectivity index (χ0) is 30.3. The molecule has 42 heavy (non-hydrogen) atoms. The molecule has 0 spiro atoms. The standard InChI is InChI=1S/C27H30O15/c1-37-17-4-10(2-3-13(17)30)24-18(7-12-14(31)5-11(29)6-16(12)39-24)40-27-25(22(35)21(34)19(8-28)41-27)42-26-23(36)20(33)15(32)9-38-26/h2-7,15,19-23,25-28,32-36H,8-9H2,1H3,(H2-,29,30,31)/p+1. The van der Waals surface area contributed by atoms with Crippen molar-refractivity contribution in [3.05, 3.63) is 36.4 Å². The fourth-order valence-electron chi connectivity index (χ4n) is 4.77. The van der Waals surface area contributed by atoms with E-state index in [4.69, 9.17) is 28.1 Å². The molecule has 1 aromatic heterocycles. The predicted molar refractivity (Wildman–Crippen MR) is 139 cm³/mol. The Bertz CT molecular complexity index is 1420. The fourth-order valence-corrected chi connectivity index (χ4v) is 4.77. The molecule has 9 unspecified atom stereocenters. The van der Waals surface area contributed by atoms with Crippen molar-refractivity contribution in [2.75, 3.05) is 20.3 Å². The molecule has 0 aliphatic carbocycles. The van der Waals surface area contributed by atoms with Gasteiger partial charge in [0.15, 0.2) is 23.9 Å². The second-order valence-corrected chi connectivity index (χ2v) is 9.88. The van der Waals surface area contributed by atoms with E-state index in [0.29, 0.717) is 5.56 Å². The number of aliphatic hydroxyl groups is 6. The van der Waals surface area contributed by atoms with Gasteiger partial charge in [-0.25, -0.2) is 4.42 Å². The highest BCUT2D eigenvalue weighted by atomic mass is 16.8. The van der Waals surface area contributed by atoms with Crippen LogP contribution in [0.2, 0.25) is 0 Å². The molecule has 2 saturated heterocycles. The first kappa shape index (κ1) is 30.0. The number of rotatable bonds is 7. The Hall–Kier alpha value is -3.51. The van der Waals surface area contributed by atoms with Crippen LogP contribution in [0.5, 0.6) is 28.7 Å². The number of aromatic hydroxyl groups is 3. The minimum atomic E-state index is -1.78. The van der Waals surface area contributed by atoms with Crippen LogP contribution in [0, 0.1) is 0 Å². The number of methoxy groups -OCH3 is 1. The van der Waals surface area contributed by atoms with Crippen molar-refractivity contribution in [1.29, 1.82) is 0 Å². The highest BCUT2D eigenvalue weighted by Gasteiger charge is 2.50. The molecule has 5 rings (SSSR count). The normalized spacial score (nSPS) is 31.6. The lowest BCUT2D eigenvalue weighted by Gasteiger charge is -2.44. The van der Waals surface area contributed by atoms with Crippen LogP contribution in [0.1, 0.15) is 0 Å². The van der Waals surface area contributed by atoms with Crippen LogP contribution in [0.4, 0.5) is 0 Å². The Balaban J connectivity index is 1.58. The number of hydrogen-bond acceptors (Lipinski definition) is 14. The average Bonchev–Trinajstić information content (AvgIpc) is 2.97. The predicted octanol–water partition coefficient (Wildman–Crippen LogP) is -0.852. The van der Waals surface area contributed by atoms with Crippen LogP contribution in [0.3, 0.4) is 0 Å². The molecule has 0 bridgehead atoms. The third-order valence-corrected chi connectivity index (χ3v) is 7.07. The summed E-state index contributed by atoms with van der Waals surface area (Å²) >= 11 is 0. The van der Waals surface area contributed by atoms with Gasteiger partial charge in [-0.2, -0.15) is 0 Å². The molecule has 228 valence electrons. The number of hydrogen-bond donors (Lipinski definition) is 9. The van der Waals surface area contributed by atoms with Crippen molar-refractivity contribution in [3.63, 3.8) is 0 Å². The number of fused-ring (bicyclic) bond motifs is 1. The molecule has 2 aromatic carbocycles. The van der Waals surface area contributed by atoms with Crippen molar-refractivity contribution in [2.24, 2.45) is 0 Å². The van der Waals surface area contributed by atoms with E-state index < -0.39 is 68.5 Å². The number of phenols is 3. The summed E-state index contributed by atoms with van der Waals surface area (Å²) in [5.41, 5.74) is 0.328. The molecule has 9 atom stereocenters. The number of aliphatic hydroxyl groups excluding tert-OH is 6. The van der Waals surface area contributed by atoms with Crippen LogP contribution in [-0.4, -0.2) is 122 Å². The van der Waals surface area contributed by atoms with Gasteiger partial charge in [0.2, 0.25) is 12.0 Å². The zero-order valence-corrected chi connectivity index (χ0v) is 22.0. The zero-order valence-electron chi connectivity index (χ0n) is 22.0. The summed E-state index contributed by atoms with van der Waals surface area (Å²) in [6.07, 6.45) is -14.4. The monoisotopic (exact) mass is 595 g/mol. The molecular weight excluding hydrogens is 564 g/mol. The van der Waals surface area contributed by atoms with Crippen LogP contribution < -0.4 is 9.47 Å². The quantitative estimate of drug-likeness (QED) is 0.151. The third kappa shape index (κ3) is 5.61. The van der Waals surface area contributed by atoms with Crippen LogP contribution in [-0.2, 0) is 14.2 Å². The number of ether oxygens (including phenoxy) is 5. The van der Waals surface area contributed by atoms with E-state index in [9.17, 15) is 46.0 Å². The lowest BCUT2D eigenvalue weighted by Crippen LogP contribution is -2.63. The van der Waals surface area contributed by atoms with E-state index in [0.717, 1.165) is 6.07 Å². The summed E-state index contributed by atoms with van der Waals surface area (Å²) in [5.74, 6) is -0.925. The van der Waals surface area contributed by atoms with Gasteiger partial charge in [-0.05, 0) is 12.1 Å². The smallest absolute Gasteiger partial charge is 0.402 e. The summed E-state index contributed by atoms with van der Waals surface area (Å²) in [7, 11) is 1.33. The average molecular weight is 596 g/mol. The largest absolute Gasteiger partial charge is 0.507 e.